The quantitative estimate of drug-likeness (QED) is 0.758. The Morgan fingerprint density at radius 2 is 2.11 bits per heavy atom. The van der Waals surface area contributed by atoms with Crippen molar-refractivity contribution in [2.75, 3.05) is 13.1 Å². The normalized spacial score (nSPS) is 11.2. The summed E-state index contributed by atoms with van der Waals surface area (Å²) in [5.41, 5.74) is -0.841. The number of nitrogens with zero attached hydrogens (tertiary/aromatic N) is 1. The van der Waals surface area contributed by atoms with Gasteiger partial charge in [0.05, 0.1) is 11.1 Å². The van der Waals surface area contributed by atoms with E-state index in [0.717, 1.165) is 12.1 Å². The van der Waals surface area contributed by atoms with E-state index < -0.39 is 17.6 Å². The lowest BCUT2D eigenvalue weighted by molar-refractivity contribution is -0.137. The molecule has 2 nitrogen and oxygen atoms in total. The average Bonchev–Trinajstić information content (AvgIpc) is 2.34. The Morgan fingerprint density at radius 3 is 2.58 bits per heavy atom. The van der Waals surface area contributed by atoms with Gasteiger partial charge in [-0.05, 0) is 41.1 Å². The topological polar surface area (TPSA) is 20.3 Å². The number of likely N-dealkylation sites (N-methyl/N-ethyl adjacent to an activating group) is 1. The van der Waals surface area contributed by atoms with Crippen molar-refractivity contribution in [1.29, 1.82) is 0 Å². The number of hydrogen-bond acceptors (Lipinski definition) is 1. The Morgan fingerprint density at radius 1 is 1.47 bits per heavy atom. The molecule has 1 amide bonds. The third-order valence-corrected chi connectivity index (χ3v) is 3.23. The van der Waals surface area contributed by atoms with Gasteiger partial charge in [-0.1, -0.05) is 6.08 Å². The number of alkyl halides is 3. The molecule has 104 valence electrons. The molecule has 1 aromatic carbocycles. The largest absolute Gasteiger partial charge is 0.416 e. The van der Waals surface area contributed by atoms with Crippen LogP contribution in [0.3, 0.4) is 0 Å². The molecular weight excluding hydrogens is 323 g/mol. The van der Waals surface area contributed by atoms with E-state index in [1.807, 2.05) is 0 Å². The molecule has 1 rings (SSSR count). The predicted octanol–water partition coefficient (Wildman–Crippen LogP) is 4.12. The summed E-state index contributed by atoms with van der Waals surface area (Å²) in [5.74, 6) is -0.458. The summed E-state index contributed by atoms with van der Waals surface area (Å²) in [7, 11) is 0. The van der Waals surface area contributed by atoms with Crippen LogP contribution in [-0.4, -0.2) is 23.9 Å². The minimum Gasteiger partial charge on any atom is -0.335 e. The zero-order valence-electron chi connectivity index (χ0n) is 10.3. The molecule has 19 heavy (non-hydrogen) atoms. The van der Waals surface area contributed by atoms with Gasteiger partial charge in [-0.15, -0.1) is 6.58 Å². The molecule has 0 spiro atoms. The maximum Gasteiger partial charge on any atom is 0.416 e. The van der Waals surface area contributed by atoms with E-state index in [1.54, 1.807) is 6.92 Å². The summed E-state index contributed by atoms with van der Waals surface area (Å²) in [4.78, 5) is 13.6. The molecular formula is C13H13BrF3NO. The SMILES string of the molecule is C=CCN(CC)C(=O)c1cc(C(F)(F)F)ccc1Br. The monoisotopic (exact) mass is 335 g/mol. The second kappa shape index (κ2) is 6.23. The lowest BCUT2D eigenvalue weighted by atomic mass is 10.1. The van der Waals surface area contributed by atoms with E-state index in [4.69, 9.17) is 0 Å². The van der Waals surface area contributed by atoms with E-state index in [9.17, 15) is 18.0 Å². The number of rotatable bonds is 4. The zero-order chi connectivity index (χ0) is 14.6. The summed E-state index contributed by atoms with van der Waals surface area (Å²) in [6.07, 6.45) is -2.94. The summed E-state index contributed by atoms with van der Waals surface area (Å²) in [5, 5.41) is 0. The Labute approximate surface area is 118 Å². The number of amides is 1. The molecule has 0 atom stereocenters. The van der Waals surface area contributed by atoms with Crippen molar-refractivity contribution >= 4 is 21.8 Å². The van der Waals surface area contributed by atoms with Gasteiger partial charge in [-0.2, -0.15) is 13.2 Å². The Kier molecular flexibility index (Phi) is 5.17. The Hall–Kier alpha value is -1.30. The smallest absolute Gasteiger partial charge is 0.335 e. The third-order valence-electron chi connectivity index (χ3n) is 2.54. The van der Waals surface area contributed by atoms with Crippen LogP contribution in [0, 0.1) is 0 Å². The average molecular weight is 336 g/mol. The molecule has 0 aliphatic carbocycles. The van der Waals surface area contributed by atoms with Crippen molar-refractivity contribution in [3.05, 3.63) is 46.5 Å². The third kappa shape index (κ3) is 3.83. The van der Waals surface area contributed by atoms with Crippen molar-refractivity contribution in [2.45, 2.75) is 13.1 Å². The summed E-state index contributed by atoms with van der Waals surface area (Å²) >= 11 is 3.11. The highest BCUT2D eigenvalue weighted by Crippen LogP contribution is 2.32. The standard InChI is InChI=1S/C13H13BrF3NO/c1-3-7-18(4-2)12(19)10-8-9(13(15,16)17)5-6-11(10)14/h3,5-6,8H,1,4,7H2,2H3. The molecule has 0 aliphatic heterocycles. The van der Waals surface area contributed by atoms with E-state index in [1.165, 1.54) is 17.0 Å². The zero-order valence-corrected chi connectivity index (χ0v) is 11.9. The van der Waals surface area contributed by atoms with Gasteiger partial charge < -0.3 is 4.90 Å². The molecule has 0 saturated carbocycles. The molecule has 1 aromatic rings. The van der Waals surface area contributed by atoms with Crippen LogP contribution in [0.2, 0.25) is 0 Å². The Balaban J connectivity index is 3.18. The van der Waals surface area contributed by atoms with Gasteiger partial charge in [0.15, 0.2) is 0 Å². The first-order valence-electron chi connectivity index (χ1n) is 5.58. The first-order chi connectivity index (χ1) is 8.81. The van der Waals surface area contributed by atoms with Crippen LogP contribution in [0.5, 0.6) is 0 Å². The van der Waals surface area contributed by atoms with Gasteiger partial charge in [-0.25, -0.2) is 0 Å². The molecule has 0 bridgehead atoms. The first-order valence-corrected chi connectivity index (χ1v) is 6.37. The van der Waals surface area contributed by atoms with Gasteiger partial charge in [-0.3, -0.25) is 4.79 Å². The van der Waals surface area contributed by atoms with Crippen molar-refractivity contribution in [3.63, 3.8) is 0 Å². The van der Waals surface area contributed by atoms with Gasteiger partial charge in [0.25, 0.3) is 5.91 Å². The number of carbonyl (C=O) groups is 1. The fourth-order valence-corrected chi connectivity index (χ4v) is 1.96. The second-order valence-electron chi connectivity index (χ2n) is 3.82. The van der Waals surface area contributed by atoms with Crippen LogP contribution >= 0.6 is 15.9 Å². The number of carbonyl (C=O) groups excluding carboxylic acids is 1. The number of benzene rings is 1. The van der Waals surface area contributed by atoms with E-state index >= 15 is 0 Å². The molecule has 0 fully saturated rings. The summed E-state index contributed by atoms with van der Waals surface area (Å²) in [6, 6.07) is 3.03. The number of hydrogen-bond donors (Lipinski definition) is 0. The fraction of sp³-hybridized carbons (Fsp3) is 0.308. The summed E-state index contributed by atoms with van der Waals surface area (Å²) in [6.45, 7) is 5.96. The van der Waals surface area contributed by atoms with E-state index in [0.29, 0.717) is 11.0 Å². The fourth-order valence-electron chi connectivity index (χ4n) is 1.55. The van der Waals surface area contributed by atoms with Crippen LogP contribution in [-0.2, 0) is 6.18 Å². The van der Waals surface area contributed by atoms with Crippen molar-refractivity contribution in [3.8, 4) is 0 Å². The molecule has 0 heterocycles. The molecule has 0 aromatic heterocycles. The van der Waals surface area contributed by atoms with Gasteiger partial charge >= 0.3 is 6.18 Å². The minimum absolute atomic E-state index is 0.00137. The maximum absolute atomic E-state index is 12.6. The molecule has 0 aliphatic rings. The summed E-state index contributed by atoms with van der Waals surface area (Å²) < 4.78 is 38.3. The predicted molar refractivity (Wildman–Crippen MR) is 70.9 cm³/mol. The van der Waals surface area contributed by atoms with Gasteiger partial charge in [0.2, 0.25) is 0 Å². The highest BCUT2D eigenvalue weighted by molar-refractivity contribution is 9.10. The lowest BCUT2D eigenvalue weighted by Gasteiger charge is -2.20. The molecule has 0 radical (unpaired) electrons. The highest BCUT2D eigenvalue weighted by Gasteiger charge is 2.32. The van der Waals surface area contributed by atoms with Crippen LogP contribution < -0.4 is 0 Å². The Bertz CT molecular complexity index is 485. The number of halogens is 4. The molecule has 0 saturated heterocycles. The highest BCUT2D eigenvalue weighted by atomic mass is 79.9. The van der Waals surface area contributed by atoms with E-state index in [-0.39, 0.29) is 12.1 Å². The van der Waals surface area contributed by atoms with Crippen LogP contribution in [0.1, 0.15) is 22.8 Å². The van der Waals surface area contributed by atoms with Crippen molar-refractivity contribution in [1.82, 2.24) is 4.90 Å². The second-order valence-corrected chi connectivity index (χ2v) is 4.68. The van der Waals surface area contributed by atoms with Gasteiger partial charge in [0.1, 0.15) is 0 Å². The molecule has 6 heteroatoms. The maximum atomic E-state index is 12.6. The van der Waals surface area contributed by atoms with Crippen molar-refractivity contribution in [2.24, 2.45) is 0 Å². The molecule has 0 unspecified atom stereocenters. The first kappa shape index (κ1) is 15.8. The van der Waals surface area contributed by atoms with Crippen LogP contribution in [0.15, 0.2) is 35.3 Å². The van der Waals surface area contributed by atoms with E-state index in [2.05, 4.69) is 22.5 Å². The minimum atomic E-state index is -4.47. The van der Waals surface area contributed by atoms with Gasteiger partial charge in [0, 0.05) is 17.6 Å². The lowest BCUT2D eigenvalue weighted by Crippen LogP contribution is -2.31. The molecule has 0 N–H and O–H groups in total. The van der Waals surface area contributed by atoms with Crippen molar-refractivity contribution < 1.29 is 18.0 Å². The van der Waals surface area contributed by atoms with Crippen LogP contribution in [0.4, 0.5) is 13.2 Å². The van der Waals surface area contributed by atoms with Crippen LogP contribution in [0.25, 0.3) is 0 Å².